The molecule has 1 aliphatic heterocycles. The molecule has 1 aromatic carbocycles. The number of carbonyl (C=O) groups is 2. The van der Waals surface area contributed by atoms with E-state index in [-0.39, 0.29) is 35.9 Å². The smallest absolute Gasteiger partial charge is 0.332 e. The van der Waals surface area contributed by atoms with Crippen molar-refractivity contribution in [2.24, 2.45) is 5.92 Å². The molecular weight excluding hydrogens is 386 g/mol. The fraction of sp³-hybridized carbons (Fsp3) is 0.545. The van der Waals surface area contributed by atoms with Gasteiger partial charge >= 0.3 is 11.7 Å². The second-order valence-electron chi connectivity index (χ2n) is 7.73. The molecule has 1 fully saturated rings. The summed E-state index contributed by atoms with van der Waals surface area (Å²) < 4.78 is 7.70. The summed E-state index contributed by atoms with van der Waals surface area (Å²) in [5, 5.41) is 0.422. The van der Waals surface area contributed by atoms with Crippen LogP contribution < -0.4 is 11.2 Å². The molecule has 8 nitrogen and oxygen atoms in total. The van der Waals surface area contributed by atoms with Gasteiger partial charge < -0.3 is 9.64 Å². The van der Waals surface area contributed by atoms with E-state index < -0.39 is 5.69 Å². The number of hydrogen-bond donors (Lipinski definition) is 0. The maximum atomic E-state index is 13.1. The molecule has 0 spiro atoms. The van der Waals surface area contributed by atoms with Crippen molar-refractivity contribution in [3.63, 3.8) is 0 Å². The van der Waals surface area contributed by atoms with E-state index in [9.17, 15) is 19.2 Å². The number of piperidine rings is 1. The second-order valence-corrected chi connectivity index (χ2v) is 7.73. The summed E-state index contributed by atoms with van der Waals surface area (Å²) in [6.07, 6.45) is 1.72. The van der Waals surface area contributed by atoms with Crippen LogP contribution in [-0.2, 0) is 20.9 Å². The molecule has 0 radical (unpaired) electrons. The van der Waals surface area contributed by atoms with Gasteiger partial charge in [-0.05, 0) is 45.2 Å². The Bertz CT molecular complexity index is 1050. The minimum absolute atomic E-state index is 0.139. The Hall–Kier alpha value is -2.90. The predicted octanol–water partition coefficient (Wildman–Crippen LogP) is 1.94. The number of rotatable bonds is 6. The van der Waals surface area contributed by atoms with E-state index in [2.05, 4.69) is 0 Å². The highest BCUT2D eigenvalue weighted by atomic mass is 16.5. The zero-order chi connectivity index (χ0) is 21.8. The van der Waals surface area contributed by atoms with Gasteiger partial charge in [-0.15, -0.1) is 0 Å². The number of nitrogens with zero attached hydrogens (tertiary/aromatic N) is 3. The lowest BCUT2D eigenvalue weighted by Crippen LogP contribution is -2.46. The lowest BCUT2D eigenvalue weighted by atomic mass is 9.97. The topological polar surface area (TPSA) is 90.6 Å². The number of aromatic nitrogens is 2. The average molecular weight is 415 g/mol. The Morgan fingerprint density at radius 1 is 1.13 bits per heavy atom. The van der Waals surface area contributed by atoms with Crippen molar-refractivity contribution < 1.29 is 14.3 Å². The van der Waals surface area contributed by atoms with Crippen LogP contribution in [0.1, 0.15) is 46.1 Å². The van der Waals surface area contributed by atoms with Gasteiger partial charge in [-0.1, -0.05) is 19.1 Å². The van der Waals surface area contributed by atoms with Crippen molar-refractivity contribution in [2.45, 2.75) is 52.6 Å². The van der Waals surface area contributed by atoms with Gasteiger partial charge in [-0.25, -0.2) is 4.79 Å². The SMILES string of the molecule is CCOC(=O)C1CCN(C(=O)Cn2c(=O)n([C@H](C)CC)c(=O)c3ccccc32)CC1. The van der Waals surface area contributed by atoms with Gasteiger partial charge in [0, 0.05) is 19.1 Å². The first kappa shape index (κ1) is 21.8. The summed E-state index contributed by atoms with van der Waals surface area (Å²) in [6.45, 7) is 6.61. The number of para-hydroxylation sites is 1. The molecule has 0 aliphatic carbocycles. The fourth-order valence-electron chi connectivity index (χ4n) is 3.92. The van der Waals surface area contributed by atoms with Gasteiger partial charge in [0.15, 0.2) is 0 Å². The Kier molecular flexibility index (Phi) is 6.74. The number of amides is 1. The third-order valence-electron chi connectivity index (χ3n) is 5.87. The lowest BCUT2D eigenvalue weighted by molar-refractivity contribution is -0.151. The largest absolute Gasteiger partial charge is 0.466 e. The second kappa shape index (κ2) is 9.28. The first-order valence-corrected chi connectivity index (χ1v) is 10.6. The molecule has 0 N–H and O–H groups in total. The zero-order valence-corrected chi connectivity index (χ0v) is 17.8. The summed E-state index contributed by atoms with van der Waals surface area (Å²) in [4.78, 5) is 52.5. The molecule has 2 heterocycles. The highest BCUT2D eigenvalue weighted by molar-refractivity contribution is 5.82. The van der Waals surface area contributed by atoms with E-state index in [1.54, 1.807) is 36.1 Å². The van der Waals surface area contributed by atoms with E-state index in [0.29, 0.717) is 49.9 Å². The Morgan fingerprint density at radius 2 is 1.80 bits per heavy atom. The molecule has 1 aliphatic rings. The van der Waals surface area contributed by atoms with E-state index in [4.69, 9.17) is 4.74 Å². The van der Waals surface area contributed by atoms with E-state index in [0.717, 1.165) is 0 Å². The number of benzene rings is 1. The number of fused-ring (bicyclic) bond motifs is 1. The fourth-order valence-corrected chi connectivity index (χ4v) is 3.92. The average Bonchev–Trinajstić information content (AvgIpc) is 2.76. The predicted molar refractivity (Wildman–Crippen MR) is 113 cm³/mol. The summed E-state index contributed by atoms with van der Waals surface area (Å²) in [6, 6.07) is 6.61. The van der Waals surface area contributed by atoms with E-state index in [1.807, 2.05) is 13.8 Å². The summed E-state index contributed by atoms with van der Waals surface area (Å²) >= 11 is 0. The summed E-state index contributed by atoms with van der Waals surface area (Å²) in [5.74, 6) is -0.601. The Balaban J connectivity index is 1.87. The van der Waals surface area contributed by atoms with Crippen molar-refractivity contribution in [3.8, 4) is 0 Å². The molecule has 1 saturated heterocycles. The van der Waals surface area contributed by atoms with Crippen molar-refractivity contribution in [1.29, 1.82) is 0 Å². The highest BCUT2D eigenvalue weighted by Crippen LogP contribution is 2.19. The maximum Gasteiger partial charge on any atom is 0.332 e. The van der Waals surface area contributed by atoms with Crippen molar-refractivity contribution in [1.82, 2.24) is 14.0 Å². The van der Waals surface area contributed by atoms with Crippen LogP contribution in [-0.4, -0.2) is 45.6 Å². The van der Waals surface area contributed by atoms with Crippen LogP contribution in [0.3, 0.4) is 0 Å². The molecular formula is C22H29N3O5. The molecule has 1 aromatic heterocycles. The van der Waals surface area contributed by atoms with Crippen LogP contribution in [0.15, 0.2) is 33.9 Å². The molecule has 3 rings (SSSR count). The minimum atomic E-state index is -0.470. The minimum Gasteiger partial charge on any atom is -0.466 e. The first-order valence-electron chi connectivity index (χ1n) is 10.6. The number of esters is 1. The van der Waals surface area contributed by atoms with E-state index in [1.165, 1.54) is 9.13 Å². The first-order chi connectivity index (χ1) is 14.4. The molecule has 30 heavy (non-hydrogen) atoms. The standard InChI is InChI=1S/C22H29N3O5/c1-4-15(3)25-20(27)17-8-6-7-9-18(17)24(22(25)29)14-19(26)23-12-10-16(11-13-23)21(28)30-5-2/h6-9,15-16H,4-5,10-14H2,1-3H3/t15-/m1/s1. The third-order valence-corrected chi connectivity index (χ3v) is 5.87. The zero-order valence-electron chi connectivity index (χ0n) is 17.8. The molecule has 1 atom stereocenters. The summed E-state index contributed by atoms with van der Waals surface area (Å²) in [5.41, 5.74) is -0.339. The molecule has 0 bridgehead atoms. The molecule has 8 heteroatoms. The molecule has 2 aromatic rings. The van der Waals surface area contributed by atoms with Crippen LogP contribution in [0.2, 0.25) is 0 Å². The number of ether oxygens (including phenoxy) is 1. The lowest BCUT2D eigenvalue weighted by Gasteiger charge is -2.31. The maximum absolute atomic E-state index is 13.1. The third kappa shape index (κ3) is 4.17. The van der Waals surface area contributed by atoms with Crippen LogP contribution in [0, 0.1) is 5.92 Å². The van der Waals surface area contributed by atoms with Crippen molar-refractivity contribution in [3.05, 3.63) is 45.1 Å². The quantitative estimate of drug-likeness (QED) is 0.673. The van der Waals surface area contributed by atoms with Gasteiger partial charge in [0.05, 0.1) is 23.4 Å². The molecule has 0 saturated carbocycles. The van der Waals surface area contributed by atoms with Crippen molar-refractivity contribution >= 4 is 22.8 Å². The van der Waals surface area contributed by atoms with Gasteiger partial charge in [0.1, 0.15) is 6.54 Å². The molecule has 0 unspecified atom stereocenters. The van der Waals surface area contributed by atoms with Gasteiger partial charge in [-0.3, -0.25) is 23.5 Å². The number of likely N-dealkylation sites (tertiary alicyclic amines) is 1. The van der Waals surface area contributed by atoms with Crippen molar-refractivity contribution in [2.75, 3.05) is 19.7 Å². The summed E-state index contributed by atoms with van der Waals surface area (Å²) in [7, 11) is 0. The Morgan fingerprint density at radius 3 is 2.43 bits per heavy atom. The van der Waals surface area contributed by atoms with Gasteiger partial charge in [-0.2, -0.15) is 0 Å². The normalized spacial score (nSPS) is 15.9. The van der Waals surface area contributed by atoms with Crippen LogP contribution >= 0.6 is 0 Å². The van der Waals surface area contributed by atoms with Gasteiger partial charge in [0.2, 0.25) is 5.91 Å². The van der Waals surface area contributed by atoms with Crippen LogP contribution in [0.4, 0.5) is 0 Å². The molecule has 162 valence electrons. The molecule has 1 amide bonds. The monoisotopic (exact) mass is 415 g/mol. The number of carbonyl (C=O) groups excluding carboxylic acids is 2. The number of hydrogen-bond acceptors (Lipinski definition) is 5. The Labute approximate surface area is 175 Å². The van der Waals surface area contributed by atoms with Gasteiger partial charge in [0.25, 0.3) is 5.56 Å². The highest BCUT2D eigenvalue weighted by Gasteiger charge is 2.29. The van der Waals surface area contributed by atoms with Crippen LogP contribution in [0.25, 0.3) is 10.9 Å². The van der Waals surface area contributed by atoms with E-state index >= 15 is 0 Å². The van der Waals surface area contributed by atoms with Crippen LogP contribution in [0.5, 0.6) is 0 Å².